The van der Waals surface area contributed by atoms with Gasteiger partial charge in [0, 0.05) is 19.1 Å². The van der Waals surface area contributed by atoms with Gasteiger partial charge in [0.15, 0.2) is 0 Å². The largest absolute Gasteiger partial charge is 0.392 e. The van der Waals surface area contributed by atoms with Crippen molar-refractivity contribution in [3.63, 3.8) is 0 Å². The molecule has 0 radical (unpaired) electrons. The molecule has 13 heavy (non-hydrogen) atoms. The zero-order valence-corrected chi connectivity index (χ0v) is 8.45. The summed E-state index contributed by atoms with van der Waals surface area (Å²) in [5, 5.41) is 9.25. The smallest absolute Gasteiger partial charge is 0.0639 e. The van der Waals surface area contributed by atoms with Crippen molar-refractivity contribution in [1.82, 2.24) is 9.80 Å². The van der Waals surface area contributed by atoms with Crippen LogP contribution in [0.25, 0.3) is 0 Å². The standard InChI is InChI=1S/C10H20N2O/c1-9(13)7-11-6-3-10(8-11)12-4-2-5-12/h9-10,13H,2-8H2,1H3. The van der Waals surface area contributed by atoms with Crippen LogP contribution >= 0.6 is 0 Å². The van der Waals surface area contributed by atoms with E-state index in [0.29, 0.717) is 0 Å². The van der Waals surface area contributed by atoms with Gasteiger partial charge in [0.1, 0.15) is 0 Å². The Morgan fingerprint density at radius 1 is 1.38 bits per heavy atom. The molecule has 0 aromatic carbocycles. The molecule has 2 fully saturated rings. The number of likely N-dealkylation sites (tertiary alicyclic amines) is 2. The van der Waals surface area contributed by atoms with Gasteiger partial charge in [0.05, 0.1) is 6.10 Å². The van der Waals surface area contributed by atoms with Crippen LogP contribution in [0.4, 0.5) is 0 Å². The number of hydrogen-bond acceptors (Lipinski definition) is 3. The molecule has 2 saturated heterocycles. The minimum absolute atomic E-state index is 0.171. The Hall–Kier alpha value is -0.120. The molecule has 2 rings (SSSR count). The summed E-state index contributed by atoms with van der Waals surface area (Å²) >= 11 is 0. The lowest BCUT2D eigenvalue weighted by molar-refractivity contribution is 0.106. The molecular formula is C10H20N2O. The van der Waals surface area contributed by atoms with E-state index < -0.39 is 0 Å². The van der Waals surface area contributed by atoms with Gasteiger partial charge in [-0.3, -0.25) is 9.80 Å². The van der Waals surface area contributed by atoms with Crippen LogP contribution in [-0.4, -0.2) is 59.8 Å². The third kappa shape index (κ3) is 2.22. The molecule has 0 aromatic rings. The van der Waals surface area contributed by atoms with Crippen molar-refractivity contribution in [3.8, 4) is 0 Å². The summed E-state index contributed by atoms with van der Waals surface area (Å²) in [7, 11) is 0. The molecule has 2 aliphatic rings. The second-order valence-electron chi connectivity index (χ2n) is 4.44. The summed E-state index contributed by atoms with van der Waals surface area (Å²) < 4.78 is 0. The van der Waals surface area contributed by atoms with Crippen molar-refractivity contribution in [2.24, 2.45) is 0 Å². The van der Waals surface area contributed by atoms with Crippen LogP contribution in [0.1, 0.15) is 19.8 Å². The topological polar surface area (TPSA) is 26.7 Å². The lowest BCUT2D eigenvalue weighted by Crippen LogP contribution is -2.46. The van der Waals surface area contributed by atoms with Crippen molar-refractivity contribution >= 4 is 0 Å². The highest BCUT2D eigenvalue weighted by atomic mass is 16.3. The van der Waals surface area contributed by atoms with Gasteiger partial charge in [-0.1, -0.05) is 0 Å². The zero-order chi connectivity index (χ0) is 9.26. The van der Waals surface area contributed by atoms with Gasteiger partial charge >= 0.3 is 0 Å². The quantitative estimate of drug-likeness (QED) is 0.676. The van der Waals surface area contributed by atoms with Crippen molar-refractivity contribution in [2.75, 3.05) is 32.7 Å². The molecule has 0 saturated carbocycles. The van der Waals surface area contributed by atoms with Gasteiger partial charge in [-0.15, -0.1) is 0 Å². The lowest BCUT2D eigenvalue weighted by Gasteiger charge is -2.36. The van der Waals surface area contributed by atoms with Crippen LogP contribution in [-0.2, 0) is 0 Å². The molecule has 2 unspecified atom stereocenters. The van der Waals surface area contributed by atoms with Crippen molar-refractivity contribution < 1.29 is 5.11 Å². The maximum absolute atomic E-state index is 9.25. The molecule has 1 N–H and O–H groups in total. The number of aliphatic hydroxyl groups excluding tert-OH is 1. The van der Waals surface area contributed by atoms with Gasteiger partial charge in [0.25, 0.3) is 0 Å². The number of β-amino-alcohol motifs (C(OH)–C–C–N with tert-alkyl or cyclic N) is 1. The van der Waals surface area contributed by atoms with Crippen molar-refractivity contribution in [3.05, 3.63) is 0 Å². The Morgan fingerprint density at radius 3 is 2.69 bits per heavy atom. The summed E-state index contributed by atoms with van der Waals surface area (Å²) in [4.78, 5) is 4.95. The van der Waals surface area contributed by atoms with Crippen LogP contribution in [0.3, 0.4) is 0 Å². The SMILES string of the molecule is CC(O)CN1CCC(N2CCC2)C1. The fourth-order valence-corrected chi connectivity index (χ4v) is 2.36. The van der Waals surface area contributed by atoms with Crippen LogP contribution < -0.4 is 0 Å². The summed E-state index contributed by atoms with van der Waals surface area (Å²) in [6.07, 6.45) is 2.51. The average molecular weight is 184 g/mol. The Labute approximate surface area is 80.3 Å². The Bertz CT molecular complexity index is 168. The molecule has 3 nitrogen and oxygen atoms in total. The van der Waals surface area contributed by atoms with E-state index in [9.17, 15) is 5.11 Å². The van der Waals surface area contributed by atoms with Gasteiger partial charge in [-0.2, -0.15) is 0 Å². The Kier molecular flexibility index (Phi) is 2.86. The molecule has 2 heterocycles. The first-order valence-corrected chi connectivity index (χ1v) is 5.40. The summed E-state index contributed by atoms with van der Waals surface area (Å²) in [6, 6.07) is 0.785. The van der Waals surface area contributed by atoms with Crippen LogP contribution in [0, 0.1) is 0 Å². The molecular weight excluding hydrogens is 164 g/mol. The second kappa shape index (κ2) is 3.95. The van der Waals surface area contributed by atoms with E-state index in [-0.39, 0.29) is 6.10 Å². The second-order valence-corrected chi connectivity index (χ2v) is 4.44. The average Bonchev–Trinajstić information content (AvgIpc) is 2.31. The van der Waals surface area contributed by atoms with E-state index in [0.717, 1.165) is 12.6 Å². The van der Waals surface area contributed by atoms with Gasteiger partial charge < -0.3 is 5.11 Å². The lowest BCUT2D eigenvalue weighted by atomic mass is 10.1. The summed E-state index contributed by atoms with van der Waals surface area (Å²) in [5.74, 6) is 0. The molecule has 0 aliphatic carbocycles. The highest BCUT2D eigenvalue weighted by Gasteiger charge is 2.30. The van der Waals surface area contributed by atoms with Crippen molar-refractivity contribution in [2.45, 2.75) is 31.9 Å². The molecule has 76 valence electrons. The predicted molar refractivity (Wildman–Crippen MR) is 52.7 cm³/mol. The third-order valence-corrected chi connectivity index (χ3v) is 3.18. The molecule has 0 aromatic heterocycles. The molecule has 3 heteroatoms. The highest BCUT2D eigenvalue weighted by Crippen LogP contribution is 2.20. The molecule has 2 aliphatic heterocycles. The number of nitrogens with zero attached hydrogens (tertiary/aromatic N) is 2. The number of aliphatic hydroxyl groups is 1. The van der Waals surface area contributed by atoms with Gasteiger partial charge in [-0.05, 0) is 39.4 Å². The van der Waals surface area contributed by atoms with Gasteiger partial charge in [0.2, 0.25) is 0 Å². The van der Waals surface area contributed by atoms with Gasteiger partial charge in [-0.25, -0.2) is 0 Å². The van der Waals surface area contributed by atoms with E-state index in [1.807, 2.05) is 6.92 Å². The minimum atomic E-state index is -0.171. The predicted octanol–water partition coefficient (Wildman–Crippen LogP) is 0.147. The fourth-order valence-electron chi connectivity index (χ4n) is 2.36. The minimum Gasteiger partial charge on any atom is -0.392 e. The van der Waals surface area contributed by atoms with E-state index in [4.69, 9.17) is 0 Å². The van der Waals surface area contributed by atoms with E-state index in [1.54, 1.807) is 0 Å². The summed E-state index contributed by atoms with van der Waals surface area (Å²) in [5.41, 5.74) is 0. The van der Waals surface area contributed by atoms with E-state index >= 15 is 0 Å². The first-order chi connectivity index (χ1) is 6.25. The molecule has 0 amide bonds. The molecule has 0 spiro atoms. The number of hydrogen-bond donors (Lipinski definition) is 1. The van der Waals surface area contributed by atoms with E-state index in [2.05, 4.69) is 9.80 Å². The highest BCUT2D eigenvalue weighted by molar-refractivity contribution is 4.87. The zero-order valence-electron chi connectivity index (χ0n) is 8.45. The molecule has 2 atom stereocenters. The summed E-state index contributed by atoms with van der Waals surface area (Å²) in [6.45, 7) is 7.67. The van der Waals surface area contributed by atoms with Crippen LogP contribution in [0.5, 0.6) is 0 Å². The van der Waals surface area contributed by atoms with Crippen LogP contribution in [0.2, 0.25) is 0 Å². The molecule has 0 bridgehead atoms. The Morgan fingerprint density at radius 2 is 2.15 bits per heavy atom. The fraction of sp³-hybridized carbons (Fsp3) is 1.00. The Balaban J connectivity index is 1.73. The van der Waals surface area contributed by atoms with Crippen molar-refractivity contribution in [1.29, 1.82) is 0 Å². The first-order valence-electron chi connectivity index (χ1n) is 5.40. The monoisotopic (exact) mass is 184 g/mol. The normalized spacial score (nSPS) is 33.2. The number of rotatable bonds is 3. The first kappa shape index (κ1) is 9.44. The van der Waals surface area contributed by atoms with E-state index in [1.165, 1.54) is 39.0 Å². The van der Waals surface area contributed by atoms with Crippen LogP contribution in [0.15, 0.2) is 0 Å². The maximum atomic E-state index is 9.25. The maximum Gasteiger partial charge on any atom is 0.0639 e. The third-order valence-electron chi connectivity index (χ3n) is 3.18.